The minimum Gasteiger partial charge on any atom is -0.399 e. The van der Waals surface area contributed by atoms with Gasteiger partial charge >= 0.3 is 0 Å². The van der Waals surface area contributed by atoms with Gasteiger partial charge in [0.25, 0.3) is 0 Å². The Balaban J connectivity index is 2.29. The SMILES string of the molecule is NCCn1ccc(-c2cccc(N)c2)n1. The average Bonchev–Trinajstić information content (AvgIpc) is 2.67. The predicted octanol–water partition coefficient (Wildman–Crippen LogP) is 1.09. The van der Waals surface area contributed by atoms with Crippen LogP contribution in [0.1, 0.15) is 0 Å². The average molecular weight is 202 g/mol. The molecule has 1 aromatic carbocycles. The zero-order chi connectivity index (χ0) is 10.7. The molecule has 4 heteroatoms. The number of hydrogen-bond donors (Lipinski definition) is 2. The van der Waals surface area contributed by atoms with Gasteiger partial charge < -0.3 is 11.5 Å². The van der Waals surface area contributed by atoms with Crippen LogP contribution < -0.4 is 11.5 Å². The van der Waals surface area contributed by atoms with Crippen molar-refractivity contribution in [2.24, 2.45) is 5.73 Å². The Hall–Kier alpha value is -1.81. The molecule has 1 aromatic heterocycles. The van der Waals surface area contributed by atoms with E-state index in [1.165, 1.54) is 0 Å². The van der Waals surface area contributed by atoms with Crippen molar-refractivity contribution < 1.29 is 0 Å². The van der Waals surface area contributed by atoms with Gasteiger partial charge in [0, 0.05) is 24.0 Å². The standard InChI is InChI=1S/C11H14N4/c12-5-7-15-6-4-11(14-15)9-2-1-3-10(13)8-9/h1-4,6,8H,5,7,12-13H2. The van der Waals surface area contributed by atoms with Crippen molar-refractivity contribution in [3.8, 4) is 11.3 Å². The minimum absolute atomic E-state index is 0.595. The van der Waals surface area contributed by atoms with Crippen molar-refractivity contribution in [1.29, 1.82) is 0 Å². The predicted molar refractivity (Wildman–Crippen MR) is 61.1 cm³/mol. The van der Waals surface area contributed by atoms with E-state index >= 15 is 0 Å². The Morgan fingerprint density at radius 2 is 2.13 bits per heavy atom. The summed E-state index contributed by atoms with van der Waals surface area (Å²) in [5.41, 5.74) is 13.9. The molecule has 0 aliphatic heterocycles. The fourth-order valence-electron chi connectivity index (χ4n) is 1.47. The first-order valence-corrected chi connectivity index (χ1v) is 4.89. The molecule has 2 aromatic rings. The first-order valence-electron chi connectivity index (χ1n) is 4.89. The Labute approximate surface area is 88.5 Å². The fraction of sp³-hybridized carbons (Fsp3) is 0.182. The lowest BCUT2D eigenvalue weighted by Crippen LogP contribution is -2.10. The number of hydrogen-bond acceptors (Lipinski definition) is 3. The molecule has 4 N–H and O–H groups in total. The van der Waals surface area contributed by atoms with E-state index < -0.39 is 0 Å². The number of aromatic nitrogens is 2. The van der Waals surface area contributed by atoms with Gasteiger partial charge in [-0.15, -0.1) is 0 Å². The smallest absolute Gasteiger partial charge is 0.0923 e. The maximum Gasteiger partial charge on any atom is 0.0923 e. The van der Waals surface area contributed by atoms with Gasteiger partial charge in [-0.25, -0.2) is 0 Å². The number of anilines is 1. The van der Waals surface area contributed by atoms with Gasteiger partial charge in [-0.2, -0.15) is 5.10 Å². The first-order chi connectivity index (χ1) is 7.29. The van der Waals surface area contributed by atoms with Gasteiger partial charge in [0.15, 0.2) is 0 Å². The van der Waals surface area contributed by atoms with Crippen LogP contribution in [0, 0.1) is 0 Å². The topological polar surface area (TPSA) is 69.9 Å². The van der Waals surface area contributed by atoms with Crippen LogP contribution >= 0.6 is 0 Å². The number of rotatable bonds is 3. The maximum atomic E-state index is 5.71. The summed E-state index contributed by atoms with van der Waals surface area (Å²) in [7, 11) is 0. The second-order valence-electron chi connectivity index (χ2n) is 3.38. The molecular weight excluding hydrogens is 188 g/mol. The third kappa shape index (κ3) is 2.16. The van der Waals surface area contributed by atoms with Crippen LogP contribution in [0.2, 0.25) is 0 Å². The Morgan fingerprint density at radius 3 is 2.87 bits per heavy atom. The summed E-state index contributed by atoms with van der Waals surface area (Å²) in [6.07, 6.45) is 1.92. The molecule has 0 atom stereocenters. The van der Waals surface area contributed by atoms with Gasteiger partial charge in [-0.3, -0.25) is 4.68 Å². The van der Waals surface area contributed by atoms with Crippen molar-refractivity contribution >= 4 is 5.69 Å². The zero-order valence-corrected chi connectivity index (χ0v) is 8.43. The summed E-state index contributed by atoms with van der Waals surface area (Å²) in [6, 6.07) is 9.65. The molecule has 0 saturated heterocycles. The summed E-state index contributed by atoms with van der Waals surface area (Å²) in [5, 5.41) is 4.39. The highest BCUT2D eigenvalue weighted by Crippen LogP contribution is 2.18. The van der Waals surface area contributed by atoms with Crippen molar-refractivity contribution in [3.63, 3.8) is 0 Å². The lowest BCUT2D eigenvalue weighted by atomic mass is 10.1. The third-order valence-electron chi connectivity index (χ3n) is 2.18. The van der Waals surface area contributed by atoms with E-state index in [-0.39, 0.29) is 0 Å². The minimum atomic E-state index is 0.595. The molecule has 0 spiro atoms. The van der Waals surface area contributed by atoms with E-state index in [0.717, 1.165) is 23.5 Å². The largest absolute Gasteiger partial charge is 0.399 e. The van der Waals surface area contributed by atoms with Gasteiger partial charge in [-0.1, -0.05) is 12.1 Å². The highest BCUT2D eigenvalue weighted by Gasteiger charge is 2.01. The normalized spacial score (nSPS) is 10.5. The van der Waals surface area contributed by atoms with Crippen LogP contribution in [0.25, 0.3) is 11.3 Å². The third-order valence-corrected chi connectivity index (χ3v) is 2.18. The highest BCUT2D eigenvalue weighted by atomic mass is 15.3. The molecule has 1 heterocycles. The van der Waals surface area contributed by atoms with E-state index in [9.17, 15) is 0 Å². The number of benzene rings is 1. The maximum absolute atomic E-state index is 5.71. The molecule has 15 heavy (non-hydrogen) atoms. The van der Waals surface area contributed by atoms with E-state index in [4.69, 9.17) is 11.5 Å². The molecule has 0 fully saturated rings. The van der Waals surface area contributed by atoms with Crippen LogP contribution in [-0.4, -0.2) is 16.3 Å². The van der Waals surface area contributed by atoms with E-state index in [1.807, 2.05) is 41.2 Å². The highest BCUT2D eigenvalue weighted by molar-refractivity contribution is 5.63. The molecule has 4 nitrogen and oxygen atoms in total. The Kier molecular flexibility index (Phi) is 2.69. The van der Waals surface area contributed by atoms with Gasteiger partial charge in [0.05, 0.1) is 12.2 Å². The van der Waals surface area contributed by atoms with E-state index in [1.54, 1.807) is 0 Å². The van der Waals surface area contributed by atoms with Gasteiger partial charge in [-0.05, 0) is 18.2 Å². The molecule has 2 rings (SSSR count). The van der Waals surface area contributed by atoms with Crippen LogP contribution in [0.4, 0.5) is 5.69 Å². The van der Waals surface area contributed by atoms with Crippen LogP contribution in [0.5, 0.6) is 0 Å². The molecule has 0 bridgehead atoms. The Bertz CT molecular complexity index is 447. The summed E-state index contributed by atoms with van der Waals surface area (Å²) >= 11 is 0. The Morgan fingerprint density at radius 1 is 1.27 bits per heavy atom. The molecule has 0 unspecified atom stereocenters. The van der Waals surface area contributed by atoms with Crippen molar-refractivity contribution in [1.82, 2.24) is 9.78 Å². The number of nitrogens with zero attached hydrogens (tertiary/aromatic N) is 2. The second-order valence-corrected chi connectivity index (χ2v) is 3.38. The molecule has 78 valence electrons. The van der Waals surface area contributed by atoms with E-state index in [2.05, 4.69) is 5.10 Å². The van der Waals surface area contributed by atoms with Gasteiger partial charge in [0.2, 0.25) is 0 Å². The number of nitrogens with two attached hydrogens (primary N) is 2. The van der Waals surface area contributed by atoms with Crippen molar-refractivity contribution in [2.45, 2.75) is 6.54 Å². The van der Waals surface area contributed by atoms with Crippen molar-refractivity contribution in [2.75, 3.05) is 12.3 Å². The monoisotopic (exact) mass is 202 g/mol. The fourth-order valence-corrected chi connectivity index (χ4v) is 1.47. The quantitative estimate of drug-likeness (QED) is 0.732. The molecule has 0 aliphatic rings. The molecule has 0 saturated carbocycles. The van der Waals surface area contributed by atoms with Crippen LogP contribution in [0.3, 0.4) is 0 Å². The zero-order valence-electron chi connectivity index (χ0n) is 8.43. The van der Waals surface area contributed by atoms with Crippen LogP contribution in [0.15, 0.2) is 36.5 Å². The lowest BCUT2D eigenvalue weighted by molar-refractivity contribution is 0.627. The molecule has 0 amide bonds. The second kappa shape index (κ2) is 4.14. The summed E-state index contributed by atoms with van der Waals surface area (Å²) in [5.74, 6) is 0. The molecule has 0 radical (unpaired) electrons. The summed E-state index contributed by atoms with van der Waals surface area (Å²) in [4.78, 5) is 0. The molecular formula is C11H14N4. The van der Waals surface area contributed by atoms with Gasteiger partial charge in [0.1, 0.15) is 0 Å². The summed E-state index contributed by atoms with van der Waals surface area (Å²) < 4.78 is 1.83. The van der Waals surface area contributed by atoms with Crippen molar-refractivity contribution in [3.05, 3.63) is 36.5 Å². The van der Waals surface area contributed by atoms with E-state index in [0.29, 0.717) is 6.54 Å². The van der Waals surface area contributed by atoms with Crippen LogP contribution in [-0.2, 0) is 6.54 Å². The molecule has 0 aliphatic carbocycles. The first kappa shape index (κ1) is 9.73. The lowest BCUT2D eigenvalue weighted by Gasteiger charge is -1.99. The summed E-state index contributed by atoms with van der Waals surface area (Å²) in [6.45, 7) is 1.33. The number of nitrogen functional groups attached to an aromatic ring is 1.